The number of rotatable bonds is 1. The Morgan fingerprint density at radius 2 is 2.14 bits per heavy atom. The van der Waals surface area contributed by atoms with Gasteiger partial charge in [-0.15, -0.1) is 0 Å². The first kappa shape index (κ1) is 10.7. The van der Waals surface area contributed by atoms with E-state index in [0.717, 1.165) is 4.32 Å². The van der Waals surface area contributed by atoms with Gasteiger partial charge in [-0.3, -0.25) is 0 Å². The lowest BCUT2D eigenvalue weighted by molar-refractivity contribution is 0.304. The number of hydrogen-bond donors (Lipinski definition) is 0. The molecule has 2 fully saturated rings. The lowest BCUT2D eigenvalue weighted by atomic mass is 10.2. The summed E-state index contributed by atoms with van der Waals surface area (Å²) in [5.74, 6) is 0.578. The minimum absolute atomic E-state index is 0.123. The topological polar surface area (TPSA) is 37.4 Å². The Kier molecular flexibility index (Phi) is 2.56. The van der Waals surface area contributed by atoms with Crippen molar-refractivity contribution in [3.05, 3.63) is 0 Å². The molecule has 0 aromatic carbocycles. The molecule has 3 nitrogen and oxygen atoms in total. The predicted molar refractivity (Wildman–Crippen MR) is 63.4 cm³/mol. The van der Waals surface area contributed by atoms with Gasteiger partial charge in [0.15, 0.2) is 9.84 Å². The van der Waals surface area contributed by atoms with Crippen molar-refractivity contribution in [1.29, 1.82) is 0 Å². The van der Waals surface area contributed by atoms with Gasteiger partial charge in [0.2, 0.25) is 0 Å². The quantitative estimate of drug-likeness (QED) is 0.647. The highest BCUT2D eigenvalue weighted by molar-refractivity contribution is 8.24. The molecule has 2 atom stereocenters. The van der Waals surface area contributed by atoms with Crippen LogP contribution in [0, 0.1) is 0 Å². The van der Waals surface area contributed by atoms with E-state index >= 15 is 0 Å². The maximum absolute atomic E-state index is 11.4. The second kappa shape index (κ2) is 3.35. The number of sulfone groups is 1. The Morgan fingerprint density at radius 3 is 2.71 bits per heavy atom. The first-order valence-electron chi connectivity index (χ1n) is 4.60. The molecule has 2 aliphatic heterocycles. The molecule has 0 bridgehead atoms. The van der Waals surface area contributed by atoms with Crippen molar-refractivity contribution in [2.75, 3.05) is 11.5 Å². The SMILES string of the molecule is CC(C)N1C(=S)S[C@H]2CS(=O)(=O)C[C@@H]21. The van der Waals surface area contributed by atoms with Crippen molar-refractivity contribution in [3.63, 3.8) is 0 Å². The molecule has 6 heteroatoms. The number of hydrogen-bond acceptors (Lipinski definition) is 4. The van der Waals surface area contributed by atoms with Crippen LogP contribution in [-0.2, 0) is 9.84 Å². The zero-order chi connectivity index (χ0) is 10.5. The highest BCUT2D eigenvalue weighted by Crippen LogP contribution is 2.39. The largest absolute Gasteiger partial charge is 0.350 e. The molecule has 0 radical (unpaired) electrons. The highest BCUT2D eigenvalue weighted by Gasteiger charge is 2.48. The molecule has 0 spiro atoms. The molecule has 0 aliphatic carbocycles. The van der Waals surface area contributed by atoms with Gasteiger partial charge in [0.05, 0.1) is 17.5 Å². The van der Waals surface area contributed by atoms with E-state index in [1.54, 1.807) is 11.8 Å². The number of fused-ring (bicyclic) bond motifs is 1. The summed E-state index contributed by atoms with van der Waals surface area (Å²) < 4.78 is 23.7. The van der Waals surface area contributed by atoms with E-state index in [1.165, 1.54) is 0 Å². The second-order valence-electron chi connectivity index (χ2n) is 4.07. The van der Waals surface area contributed by atoms with Gasteiger partial charge in [-0.2, -0.15) is 0 Å². The molecule has 2 saturated heterocycles. The molecule has 0 saturated carbocycles. The Labute approximate surface area is 94.1 Å². The van der Waals surface area contributed by atoms with Gasteiger partial charge in [-0.05, 0) is 13.8 Å². The maximum atomic E-state index is 11.4. The van der Waals surface area contributed by atoms with Gasteiger partial charge in [-0.1, -0.05) is 24.0 Å². The average molecular weight is 251 g/mol. The first-order valence-corrected chi connectivity index (χ1v) is 7.71. The highest BCUT2D eigenvalue weighted by atomic mass is 32.2. The third kappa shape index (κ3) is 1.67. The van der Waals surface area contributed by atoms with Crippen LogP contribution in [0.3, 0.4) is 0 Å². The molecule has 0 unspecified atom stereocenters. The standard InChI is InChI=1S/C8H13NO2S3/c1-5(2)9-6-3-14(10,11)4-7(6)13-8(9)12/h5-7H,3-4H2,1-2H3/t6-,7-/m0/s1. The molecule has 2 heterocycles. The summed E-state index contributed by atoms with van der Waals surface area (Å²) in [5.41, 5.74) is 0. The zero-order valence-corrected chi connectivity index (χ0v) is 10.6. The van der Waals surface area contributed by atoms with Crippen LogP contribution in [0.4, 0.5) is 0 Å². The van der Waals surface area contributed by atoms with Crippen LogP contribution in [0.15, 0.2) is 0 Å². The van der Waals surface area contributed by atoms with Gasteiger partial charge in [0.1, 0.15) is 4.32 Å². The Bertz CT molecular complexity index is 363. The van der Waals surface area contributed by atoms with Crippen molar-refractivity contribution >= 4 is 38.1 Å². The van der Waals surface area contributed by atoms with E-state index in [1.807, 2.05) is 0 Å². The summed E-state index contributed by atoms with van der Waals surface area (Å²) >= 11 is 6.79. The third-order valence-corrected chi connectivity index (χ3v) is 6.27. The average Bonchev–Trinajstić information content (AvgIpc) is 2.37. The third-order valence-electron chi connectivity index (χ3n) is 2.65. The fourth-order valence-electron chi connectivity index (χ4n) is 2.09. The fourth-order valence-corrected chi connectivity index (χ4v) is 6.70. The van der Waals surface area contributed by atoms with Gasteiger partial charge in [-0.25, -0.2) is 8.42 Å². The summed E-state index contributed by atoms with van der Waals surface area (Å²) in [6.45, 7) is 4.11. The fraction of sp³-hybridized carbons (Fsp3) is 0.875. The number of thiocarbonyl (C=S) groups is 1. The molecular weight excluding hydrogens is 238 g/mol. The van der Waals surface area contributed by atoms with Crippen LogP contribution >= 0.6 is 24.0 Å². The molecule has 0 aromatic rings. The van der Waals surface area contributed by atoms with Crippen molar-refractivity contribution in [3.8, 4) is 0 Å². The molecule has 0 N–H and O–H groups in total. The van der Waals surface area contributed by atoms with Crippen LogP contribution in [0.25, 0.3) is 0 Å². The maximum Gasteiger partial charge on any atom is 0.153 e. The molecule has 0 amide bonds. The van der Waals surface area contributed by atoms with Crippen LogP contribution in [-0.4, -0.2) is 46.5 Å². The summed E-state index contributed by atoms with van der Waals surface area (Å²) in [7, 11) is -2.82. The normalized spacial score (nSPS) is 35.4. The Balaban J connectivity index is 2.26. The zero-order valence-electron chi connectivity index (χ0n) is 8.13. The van der Waals surface area contributed by atoms with Crippen molar-refractivity contribution < 1.29 is 8.42 Å². The summed E-state index contributed by atoms with van der Waals surface area (Å²) in [6.07, 6.45) is 0. The lowest BCUT2D eigenvalue weighted by Gasteiger charge is -2.27. The van der Waals surface area contributed by atoms with E-state index in [4.69, 9.17) is 12.2 Å². The van der Waals surface area contributed by atoms with Gasteiger partial charge < -0.3 is 4.90 Å². The Hall–Kier alpha value is 0.190. The van der Waals surface area contributed by atoms with Crippen molar-refractivity contribution in [2.45, 2.75) is 31.2 Å². The van der Waals surface area contributed by atoms with E-state index in [9.17, 15) is 8.42 Å². The van der Waals surface area contributed by atoms with Crippen LogP contribution < -0.4 is 0 Å². The van der Waals surface area contributed by atoms with Crippen LogP contribution in [0.5, 0.6) is 0 Å². The predicted octanol–water partition coefficient (Wildman–Crippen LogP) is 0.894. The van der Waals surface area contributed by atoms with Gasteiger partial charge in [0, 0.05) is 11.3 Å². The molecular formula is C8H13NO2S3. The number of nitrogens with zero attached hydrogens (tertiary/aromatic N) is 1. The summed E-state index contributed by atoms with van der Waals surface area (Å²) in [6, 6.07) is 0.427. The van der Waals surface area contributed by atoms with Gasteiger partial charge in [0.25, 0.3) is 0 Å². The second-order valence-corrected chi connectivity index (χ2v) is 8.09. The van der Waals surface area contributed by atoms with E-state index in [-0.39, 0.29) is 17.0 Å². The number of thioether (sulfide) groups is 1. The van der Waals surface area contributed by atoms with Crippen LogP contribution in [0.1, 0.15) is 13.8 Å². The summed E-state index contributed by atoms with van der Waals surface area (Å²) in [5, 5.41) is 0.176. The molecule has 14 heavy (non-hydrogen) atoms. The monoisotopic (exact) mass is 251 g/mol. The van der Waals surface area contributed by atoms with Gasteiger partial charge >= 0.3 is 0 Å². The molecule has 2 aliphatic rings. The van der Waals surface area contributed by atoms with Crippen LogP contribution in [0.2, 0.25) is 0 Å². The van der Waals surface area contributed by atoms with E-state index in [0.29, 0.717) is 11.8 Å². The molecule has 80 valence electrons. The van der Waals surface area contributed by atoms with E-state index < -0.39 is 9.84 Å². The lowest BCUT2D eigenvalue weighted by Crippen LogP contribution is -2.41. The molecule has 2 rings (SSSR count). The molecule has 0 aromatic heterocycles. The minimum Gasteiger partial charge on any atom is -0.350 e. The Morgan fingerprint density at radius 1 is 1.50 bits per heavy atom. The smallest absolute Gasteiger partial charge is 0.153 e. The van der Waals surface area contributed by atoms with E-state index in [2.05, 4.69) is 18.7 Å². The summed E-state index contributed by atoms with van der Waals surface area (Å²) in [4.78, 5) is 2.08. The van der Waals surface area contributed by atoms with Crippen molar-refractivity contribution in [2.24, 2.45) is 0 Å². The van der Waals surface area contributed by atoms with Crippen molar-refractivity contribution in [1.82, 2.24) is 4.90 Å². The first-order chi connectivity index (χ1) is 6.41. The minimum atomic E-state index is -2.82.